The summed E-state index contributed by atoms with van der Waals surface area (Å²) in [6, 6.07) is 1.96. The lowest BCUT2D eigenvalue weighted by atomic mass is 9.96. The SMILES string of the molecule is NC(=O)C1CCN(Cc2ccnc([C@@H]3CCCO3)n2)CC1. The molecule has 0 radical (unpaired) electrons. The second-order valence-corrected chi connectivity index (χ2v) is 5.86. The second-order valence-electron chi connectivity index (χ2n) is 5.86. The van der Waals surface area contributed by atoms with Crippen LogP contribution < -0.4 is 5.73 Å². The number of aromatic nitrogens is 2. The van der Waals surface area contributed by atoms with E-state index in [2.05, 4.69) is 14.9 Å². The van der Waals surface area contributed by atoms with E-state index in [9.17, 15) is 4.79 Å². The quantitative estimate of drug-likeness (QED) is 0.895. The first kappa shape index (κ1) is 14.4. The van der Waals surface area contributed by atoms with E-state index >= 15 is 0 Å². The molecule has 2 fully saturated rings. The van der Waals surface area contributed by atoms with Crippen molar-refractivity contribution in [2.75, 3.05) is 19.7 Å². The first-order valence-electron chi connectivity index (χ1n) is 7.67. The lowest BCUT2D eigenvalue weighted by Gasteiger charge is -2.30. The summed E-state index contributed by atoms with van der Waals surface area (Å²) in [7, 11) is 0. The van der Waals surface area contributed by atoms with Crippen molar-refractivity contribution in [2.24, 2.45) is 11.7 Å². The van der Waals surface area contributed by atoms with Crippen LogP contribution >= 0.6 is 0 Å². The highest BCUT2D eigenvalue weighted by atomic mass is 16.5. The topological polar surface area (TPSA) is 81.3 Å². The molecule has 0 saturated carbocycles. The second kappa shape index (κ2) is 6.49. The van der Waals surface area contributed by atoms with Crippen molar-refractivity contribution in [3.63, 3.8) is 0 Å². The third-order valence-corrected chi connectivity index (χ3v) is 4.33. The Labute approximate surface area is 124 Å². The molecule has 2 aliphatic rings. The van der Waals surface area contributed by atoms with Gasteiger partial charge in [0, 0.05) is 25.3 Å². The molecule has 3 rings (SSSR count). The number of nitrogens with two attached hydrogens (primary N) is 1. The van der Waals surface area contributed by atoms with Gasteiger partial charge in [-0.2, -0.15) is 0 Å². The number of hydrogen-bond acceptors (Lipinski definition) is 5. The molecule has 2 saturated heterocycles. The zero-order valence-corrected chi connectivity index (χ0v) is 12.2. The molecule has 3 heterocycles. The summed E-state index contributed by atoms with van der Waals surface area (Å²) < 4.78 is 5.63. The molecule has 1 atom stereocenters. The number of ether oxygens (including phenoxy) is 1. The smallest absolute Gasteiger partial charge is 0.220 e. The Morgan fingerprint density at radius 3 is 2.86 bits per heavy atom. The average Bonchev–Trinajstić information content (AvgIpc) is 3.02. The van der Waals surface area contributed by atoms with E-state index in [1.165, 1.54) is 0 Å². The standard InChI is InChI=1S/C15H22N4O2/c16-14(20)11-4-7-19(8-5-11)10-12-3-6-17-15(18-12)13-2-1-9-21-13/h3,6,11,13H,1-2,4-5,7-10H2,(H2,16,20)/t13-/m0/s1. The van der Waals surface area contributed by atoms with Gasteiger partial charge in [0.2, 0.25) is 5.91 Å². The minimum absolute atomic E-state index is 0.0362. The largest absolute Gasteiger partial charge is 0.370 e. The minimum Gasteiger partial charge on any atom is -0.370 e. The normalized spacial score (nSPS) is 24.3. The van der Waals surface area contributed by atoms with Gasteiger partial charge in [0.05, 0.1) is 5.69 Å². The van der Waals surface area contributed by atoms with E-state index in [-0.39, 0.29) is 17.9 Å². The van der Waals surface area contributed by atoms with E-state index in [1.807, 2.05) is 12.3 Å². The lowest BCUT2D eigenvalue weighted by Crippen LogP contribution is -2.38. The summed E-state index contributed by atoms with van der Waals surface area (Å²) in [5.74, 6) is 0.670. The molecular formula is C15H22N4O2. The average molecular weight is 290 g/mol. The van der Waals surface area contributed by atoms with Crippen LogP contribution in [0, 0.1) is 5.92 Å². The highest BCUT2D eigenvalue weighted by Crippen LogP contribution is 2.26. The van der Waals surface area contributed by atoms with Crippen molar-refractivity contribution in [1.82, 2.24) is 14.9 Å². The van der Waals surface area contributed by atoms with Gasteiger partial charge in [-0.3, -0.25) is 9.69 Å². The maximum Gasteiger partial charge on any atom is 0.220 e. The number of primary amides is 1. The third-order valence-electron chi connectivity index (χ3n) is 4.33. The van der Waals surface area contributed by atoms with Crippen LogP contribution in [0.4, 0.5) is 0 Å². The van der Waals surface area contributed by atoms with Gasteiger partial charge < -0.3 is 10.5 Å². The number of amides is 1. The van der Waals surface area contributed by atoms with Crippen LogP contribution in [0.5, 0.6) is 0 Å². The molecule has 0 aliphatic carbocycles. The molecule has 0 aromatic carbocycles. The zero-order valence-electron chi connectivity index (χ0n) is 12.2. The first-order valence-corrected chi connectivity index (χ1v) is 7.67. The summed E-state index contributed by atoms with van der Waals surface area (Å²) in [4.78, 5) is 22.5. The van der Waals surface area contributed by atoms with Gasteiger partial charge in [0.1, 0.15) is 6.10 Å². The Kier molecular flexibility index (Phi) is 4.45. The van der Waals surface area contributed by atoms with Crippen molar-refractivity contribution < 1.29 is 9.53 Å². The van der Waals surface area contributed by atoms with Crippen LogP contribution in [0.1, 0.15) is 43.3 Å². The van der Waals surface area contributed by atoms with Crippen LogP contribution in [0.2, 0.25) is 0 Å². The first-order chi connectivity index (χ1) is 10.2. The molecule has 0 bridgehead atoms. The number of likely N-dealkylation sites (tertiary alicyclic amines) is 1. The summed E-state index contributed by atoms with van der Waals surface area (Å²) in [5.41, 5.74) is 6.38. The Morgan fingerprint density at radius 2 is 2.19 bits per heavy atom. The Morgan fingerprint density at radius 1 is 1.38 bits per heavy atom. The van der Waals surface area contributed by atoms with E-state index in [1.54, 1.807) is 0 Å². The van der Waals surface area contributed by atoms with E-state index in [4.69, 9.17) is 10.5 Å². The Bertz CT molecular complexity index is 494. The summed E-state index contributed by atoms with van der Waals surface area (Å²) in [6.45, 7) is 3.40. The number of piperidine rings is 1. The van der Waals surface area contributed by atoms with Crippen molar-refractivity contribution in [3.8, 4) is 0 Å². The monoisotopic (exact) mass is 290 g/mol. The molecule has 114 valence electrons. The molecular weight excluding hydrogens is 268 g/mol. The summed E-state index contributed by atoms with van der Waals surface area (Å²) >= 11 is 0. The predicted molar refractivity (Wildman–Crippen MR) is 77.2 cm³/mol. The van der Waals surface area contributed by atoms with Gasteiger partial charge in [-0.15, -0.1) is 0 Å². The fourth-order valence-corrected chi connectivity index (χ4v) is 3.04. The van der Waals surface area contributed by atoms with E-state index in [0.29, 0.717) is 0 Å². The molecule has 1 aromatic heterocycles. The van der Waals surface area contributed by atoms with Crippen LogP contribution in [0.15, 0.2) is 12.3 Å². The zero-order chi connectivity index (χ0) is 14.7. The molecule has 0 unspecified atom stereocenters. The molecule has 1 aromatic rings. The van der Waals surface area contributed by atoms with Crippen molar-refractivity contribution in [3.05, 3.63) is 23.8 Å². The maximum atomic E-state index is 11.2. The predicted octanol–water partition coefficient (Wildman–Crippen LogP) is 1.03. The number of nitrogens with zero attached hydrogens (tertiary/aromatic N) is 3. The number of carbonyl (C=O) groups excluding carboxylic acids is 1. The Hall–Kier alpha value is -1.53. The van der Waals surface area contributed by atoms with Gasteiger partial charge in [0.25, 0.3) is 0 Å². The van der Waals surface area contributed by atoms with Gasteiger partial charge in [-0.05, 0) is 44.8 Å². The molecule has 6 heteroatoms. The Balaban J connectivity index is 1.58. The lowest BCUT2D eigenvalue weighted by molar-refractivity contribution is -0.123. The van der Waals surface area contributed by atoms with Crippen LogP contribution in [0.25, 0.3) is 0 Å². The van der Waals surface area contributed by atoms with Gasteiger partial charge in [-0.1, -0.05) is 0 Å². The van der Waals surface area contributed by atoms with Gasteiger partial charge in [-0.25, -0.2) is 9.97 Å². The fraction of sp³-hybridized carbons (Fsp3) is 0.667. The highest BCUT2D eigenvalue weighted by molar-refractivity contribution is 5.76. The van der Waals surface area contributed by atoms with Crippen LogP contribution in [-0.2, 0) is 16.1 Å². The third kappa shape index (κ3) is 3.57. The molecule has 2 N–H and O–H groups in total. The number of hydrogen-bond donors (Lipinski definition) is 1. The van der Waals surface area contributed by atoms with Crippen LogP contribution in [-0.4, -0.2) is 40.5 Å². The minimum atomic E-state index is -0.169. The van der Waals surface area contributed by atoms with E-state index in [0.717, 1.165) is 63.4 Å². The highest BCUT2D eigenvalue weighted by Gasteiger charge is 2.24. The molecule has 6 nitrogen and oxygen atoms in total. The maximum absolute atomic E-state index is 11.2. The van der Waals surface area contributed by atoms with Crippen molar-refractivity contribution >= 4 is 5.91 Å². The van der Waals surface area contributed by atoms with E-state index < -0.39 is 0 Å². The summed E-state index contributed by atoms with van der Waals surface area (Å²) in [5, 5.41) is 0. The fourth-order valence-electron chi connectivity index (χ4n) is 3.04. The van der Waals surface area contributed by atoms with Crippen LogP contribution in [0.3, 0.4) is 0 Å². The molecule has 2 aliphatic heterocycles. The molecule has 21 heavy (non-hydrogen) atoms. The van der Waals surface area contributed by atoms with Gasteiger partial charge >= 0.3 is 0 Å². The number of carbonyl (C=O) groups is 1. The van der Waals surface area contributed by atoms with Gasteiger partial charge in [0.15, 0.2) is 5.82 Å². The molecule has 1 amide bonds. The molecule has 0 spiro atoms. The van der Waals surface area contributed by atoms with Crippen molar-refractivity contribution in [2.45, 2.75) is 38.3 Å². The van der Waals surface area contributed by atoms with Crippen molar-refractivity contribution in [1.29, 1.82) is 0 Å². The number of rotatable bonds is 4. The summed E-state index contributed by atoms with van der Waals surface area (Å²) in [6.07, 6.45) is 5.66.